The molecular weight excluding hydrogens is 346 g/mol. The van der Waals surface area contributed by atoms with Crippen LogP contribution < -0.4 is 15.8 Å². The van der Waals surface area contributed by atoms with Gasteiger partial charge in [0.05, 0.1) is 5.92 Å². The van der Waals surface area contributed by atoms with Gasteiger partial charge in [0.1, 0.15) is 0 Å². The van der Waals surface area contributed by atoms with Crippen LogP contribution in [0.25, 0.3) is 0 Å². The zero-order valence-corrected chi connectivity index (χ0v) is 15.9. The molecule has 0 fully saturated rings. The van der Waals surface area contributed by atoms with Crippen LogP contribution in [0.5, 0.6) is 0 Å². The zero-order valence-electron chi connectivity index (χ0n) is 15.9. The fourth-order valence-corrected chi connectivity index (χ4v) is 2.91. The molecule has 0 saturated heterocycles. The number of hydrazine groups is 1. The molecule has 7 nitrogen and oxygen atoms in total. The van der Waals surface area contributed by atoms with E-state index in [1.165, 1.54) is 0 Å². The molecule has 1 aliphatic rings. The molecule has 0 aliphatic heterocycles. The Morgan fingerprint density at radius 3 is 2.37 bits per heavy atom. The standard InChI is InChI=1S/C20H27N3O4/c1-3-23(4-2)17-12-10-15(11-13-17)19(25)22-21-18(24)14-27-20(26)16-8-6-5-7-9-16/h5-6,10-13,16H,3-4,7-9,14H2,1-2H3,(H,21,24)(H,22,25)/t16-/m1/s1. The van der Waals surface area contributed by atoms with Crippen molar-refractivity contribution >= 4 is 23.5 Å². The molecule has 0 unspecified atom stereocenters. The summed E-state index contributed by atoms with van der Waals surface area (Å²) >= 11 is 0. The molecule has 146 valence electrons. The Balaban J connectivity index is 1.75. The number of ether oxygens (including phenoxy) is 1. The number of hydrogen-bond donors (Lipinski definition) is 2. The number of hydrogen-bond acceptors (Lipinski definition) is 5. The van der Waals surface area contributed by atoms with E-state index in [4.69, 9.17) is 4.74 Å². The van der Waals surface area contributed by atoms with Gasteiger partial charge in [0.15, 0.2) is 6.61 Å². The van der Waals surface area contributed by atoms with Gasteiger partial charge in [-0.3, -0.25) is 25.2 Å². The quantitative estimate of drug-likeness (QED) is 0.435. The van der Waals surface area contributed by atoms with Crippen LogP contribution in [0.3, 0.4) is 0 Å². The molecule has 1 aromatic carbocycles. The third kappa shape index (κ3) is 6.13. The van der Waals surface area contributed by atoms with Crippen LogP contribution in [0.1, 0.15) is 43.5 Å². The van der Waals surface area contributed by atoms with Gasteiger partial charge in [-0.25, -0.2) is 0 Å². The SMILES string of the molecule is CCN(CC)c1ccc(C(=O)NNC(=O)COC(=O)[C@@H]2CC=CCC2)cc1. The molecule has 0 aromatic heterocycles. The maximum absolute atomic E-state index is 12.1. The van der Waals surface area contributed by atoms with E-state index in [0.29, 0.717) is 12.0 Å². The second kappa shape index (κ2) is 10.4. The summed E-state index contributed by atoms with van der Waals surface area (Å²) in [5.74, 6) is -1.59. The fraction of sp³-hybridized carbons (Fsp3) is 0.450. The smallest absolute Gasteiger partial charge is 0.309 e. The van der Waals surface area contributed by atoms with Crippen molar-refractivity contribution in [3.63, 3.8) is 0 Å². The molecule has 2 amide bonds. The normalized spacial score (nSPS) is 15.7. The topological polar surface area (TPSA) is 87.7 Å². The van der Waals surface area contributed by atoms with Gasteiger partial charge in [0.25, 0.3) is 11.8 Å². The molecule has 1 aliphatic carbocycles. The van der Waals surface area contributed by atoms with Crippen molar-refractivity contribution in [3.8, 4) is 0 Å². The molecule has 0 heterocycles. The molecule has 0 saturated carbocycles. The number of carbonyl (C=O) groups is 3. The van der Waals surface area contributed by atoms with Crippen molar-refractivity contribution in [2.75, 3.05) is 24.6 Å². The van der Waals surface area contributed by atoms with Crippen LogP contribution in [0.15, 0.2) is 36.4 Å². The predicted octanol–water partition coefficient (Wildman–Crippen LogP) is 2.19. The molecule has 0 radical (unpaired) electrons. The first-order valence-electron chi connectivity index (χ1n) is 9.31. The van der Waals surface area contributed by atoms with Gasteiger partial charge in [-0.05, 0) is 57.4 Å². The summed E-state index contributed by atoms with van der Waals surface area (Å²) in [6, 6.07) is 7.13. The van der Waals surface area contributed by atoms with E-state index >= 15 is 0 Å². The van der Waals surface area contributed by atoms with Crippen molar-refractivity contribution in [2.45, 2.75) is 33.1 Å². The lowest BCUT2D eigenvalue weighted by Crippen LogP contribution is -2.43. The molecule has 7 heteroatoms. The fourth-order valence-electron chi connectivity index (χ4n) is 2.91. The van der Waals surface area contributed by atoms with Crippen LogP contribution in [-0.4, -0.2) is 37.5 Å². The number of esters is 1. The highest BCUT2D eigenvalue weighted by Gasteiger charge is 2.21. The predicted molar refractivity (Wildman–Crippen MR) is 103 cm³/mol. The van der Waals surface area contributed by atoms with Crippen LogP contribution in [0.2, 0.25) is 0 Å². The van der Waals surface area contributed by atoms with Crippen LogP contribution in [0, 0.1) is 5.92 Å². The van der Waals surface area contributed by atoms with E-state index in [-0.39, 0.29) is 11.9 Å². The first-order valence-corrected chi connectivity index (χ1v) is 9.31. The van der Waals surface area contributed by atoms with Crippen molar-refractivity contribution in [1.82, 2.24) is 10.9 Å². The summed E-state index contributed by atoms with van der Waals surface area (Å²) in [6.45, 7) is 5.48. The minimum atomic E-state index is -0.581. The number of nitrogens with one attached hydrogen (secondary N) is 2. The number of anilines is 1. The monoisotopic (exact) mass is 373 g/mol. The molecule has 2 rings (SSSR count). The number of rotatable bonds is 7. The summed E-state index contributed by atoms with van der Waals surface area (Å²) < 4.78 is 5.01. The summed E-state index contributed by atoms with van der Waals surface area (Å²) in [4.78, 5) is 37.9. The third-order valence-electron chi connectivity index (χ3n) is 4.52. The van der Waals surface area contributed by atoms with E-state index in [1.807, 2.05) is 24.3 Å². The maximum Gasteiger partial charge on any atom is 0.309 e. The number of amides is 2. The maximum atomic E-state index is 12.1. The van der Waals surface area contributed by atoms with Crippen LogP contribution >= 0.6 is 0 Å². The number of carbonyl (C=O) groups excluding carboxylic acids is 3. The van der Waals surface area contributed by atoms with E-state index in [0.717, 1.165) is 31.6 Å². The largest absolute Gasteiger partial charge is 0.455 e. The highest BCUT2D eigenvalue weighted by atomic mass is 16.5. The highest BCUT2D eigenvalue weighted by molar-refractivity contribution is 5.95. The third-order valence-corrected chi connectivity index (χ3v) is 4.52. The Hall–Kier alpha value is -2.83. The number of benzene rings is 1. The summed E-state index contributed by atoms with van der Waals surface area (Å²) in [5, 5.41) is 0. The second-order valence-corrected chi connectivity index (χ2v) is 6.31. The van der Waals surface area contributed by atoms with E-state index in [1.54, 1.807) is 12.1 Å². The van der Waals surface area contributed by atoms with Crippen LogP contribution in [-0.2, 0) is 14.3 Å². The van der Waals surface area contributed by atoms with Crippen molar-refractivity contribution in [3.05, 3.63) is 42.0 Å². The summed E-state index contributed by atoms with van der Waals surface area (Å²) in [7, 11) is 0. The lowest BCUT2D eigenvalue weighted by Gasteiger charge is -2.21. The lowest BCUT2D eigenvalue weighted by molar-refractivity contribution is -0.153. The van der Waals surface area contributed by atoms with Crippen molar-refractivity contribution < 1.29 is 19.1 Å². The average molecular weight is 373 g/mol. The van der Waals surface area contributed by atoms with Gasteiger partial charge in [-0.1, -0.05) is 12.2 Å². The molecule has 1 atom stereocenters. The van der Waals surface area contributed by atoms with Gasteiger partial charge < -0.3 is 9.64 Å². The first-order chi connectivity index (χ1) is 13.0. The van der Waals surface area contributed by atoms with Gasteiger partial charge in [0.2, 0.25) is 0 Å². The lowest BCUT2D eigenvalue weighted by atomic mass is 9.95. The first kappa shape index (κ1) is 20.5. The van der Waals surface area contributed by atoms with Crippen molar-refractivity contribution in [2.24, 2.45) is 5.92 Å². The molecule has 2 N–H and O–H groups in total. The Morgan fingerprint density at radius 1 is 1.07 bits per heavy atom. The van der Waals surface area contributed by atoms with Gasteiger partial charge in [-0.2, -0.15) is 0 Å². The molecule has 0 bridgehead atoms. The summed E-state index contributed by atoms with van der Waals surface area (Å²) in [5.41, 5.74) is 6.04. The van der Waals surface area contributed by atoms with E-state index in [9.17, 15) is 14.4 Å². The summed E-state index contributed by atoms with van der Waals surface area (Å²) in [6.07, 6.45) is 6.19. The Bertz CT molecular complexity index is 681. The number of allylic oxidation sites excluding steroid dienone is 2. The van der Waals surface area contributed by atoms with Gasteiger partial charge in [-0.15, -0.1) is 0 Å². The van der Waals surface area contributed by atoms with Crippen molar-refractivity contribution in [1.29, 1.82) is 0 Å². The minimum Gasteiger partial charge on any atom is -0.455 e. The minimum absolute atomic E-state index is 0.193. The van der Waals surface area contributed by atoms with Gasteiger partial charge in [0, 0.05) is 24.3 Å². The molecule has 27 heavy (non-hydrogen) atoms. The van der Waals surface area contributed by atoms with Gasteiger partial charge >= 0.3 is 5.97 Å². The van der Waals surface area contributed by atoms with E-state index < -0.39 is 18.4 Å². The molecule has 1 aromatic rings. The average Bonchev–Trinajstić information content (AvgIpc) is 2.72. The zero-order chi connectivity index (χ0) is 19.6. The second-order valence-electron chi connectivity index (χ2n) is 6.31. The van der Waals surface area contributed by atoms with E-state index in [2.05, 4.69) is 29.6 Å². The molecular formula is C20H27N3O4. The Labute approximate surface area is 159 Å². The Kier molecular flexibility index (Phi) is 7.85. The number of nitrogens with zero attached hydrogens (tertiary/aromatic N) is 1. The Morgan fingerprint density at radius 2 is 1.78 bits per heavy atom. The highest BCUT2D eigenvalue weighted by Crippen LogP contribution is 2.19. The van der Waals surface area contributed by atoms with Crippen LogP contribution in [0.4, 0.5) is 5.69 Å². The molecule has 0 spiro atoms.